The van der Waals surface area contributed by atoms with Gasteiger partial charge in [0.1, 0.15) is 0 Å². The zero-order valence-electron chi connectivity index (χ0n) is 24.6. The molecule has 0 unspecified atom stereocenters. The molecule has 0 spiro atoms. The Morgan fingerprint density at radius 2 is 0.773 bits per heavy atom. The van der Waals surface area contributed by atoms with E-state index in [9.17, 15) is 0 Å². The molecule has 0 aromatic heterocycles. The first-order valence-electron chi connectivity index (χ1n) is 15.5. The van der Waals surface area contributed by atoms with Crippen LogP contribution in [0.3, 0.4) is 0 Å². The molecule has 0 heteroatoms. The van der Waals surface area contributed by atoms with Crippen molar-refractivity contribution in [1.82, 2.24) is 0 Å². The molecular weight excluding hydrogens is 528 g/mol. The van der Waals surface area contributed by atoms with Crippen molar-refractivity contribution in [2.45, 2.75) is 13.3 Å². The summed E-state index contributed by atoms with van der Waals surface area (Å²) in [5.74, 6) is 0. The lowest BCUT2D eigenvalue weighted by atomic mass is 9.90. The van der Waals surface area contributed by atoms with Crippen LogP contribution in [-0.4, -0.2) is 0 Å². The number of rotatable bonds is 3. The lowest BCUT2D eigenvalue weighted by Gasteiger charge is -2.13. The fourth-order valence-corrected chi connectivity index (χ4v) is 7.54. The molecule has 8 aromatic carbocycles. The van der Waals surface area contributed by atoms with Crippen LogP contribution >= 0.6 is 0 Å². The maximum absolute atomic E-state index is 2.39. The van der Waals surface area contributed by atoms with E-state index in [4.69, 9.17) is 0 Å². The van der Waals surface area contributed by atoms with Gasteiger partial charge in [0.2, 0.25) is 0 Å². The zero-order chi connectivity index (χ0) is 29.2. The number of aryl methyl sites for hydroxylation is 1. The minimum Gasteiger partial charge on any atom is -0.0616 e. The lowest BCUT2D eigenvalue weighted by Crippen LogP contribution is -1.91. The van der Waals surface area contributed by atoms with Crippen molar-refractivity contribution in [3.05, 3.63) is 168 Å². The average Bonchev–Trinajstić information content (AvgIpc) is 3.47. The van der Waals surface area contributed by atoms with Gasteiger partial charge >= 0.3 is 0 Å². The summed E-state index contributed by atoms with van der Waals surface area (Å²) in [4.78, 5) is 0. The maximum Gasteiger partial charge on any atom is -0.000112 e. The van der Waals surface area contributed by atoms with Gasteiger partial charge in [0.05, 0.1) is 0 Å². The molecular formula is C44H30. The van der Waals surface area contributed by atoms with Gasteiger partial charge in [-0.2, -0.15) is 0 Å². The first-order valence-corrected chi connectivity index (χ1v) is 15.5. The molecule has 0 N–H and O–H groups in total. The summed E-state index contributed by atoms with van der Waals surface area (Å²) in [5.41, 5.74) is 14.6. The summed E-state index contributed by atoms with van der Waals surface area (Å²) in [6.07, 6.45) is 0.949. The topological polar surface area (TPSA) is 0 Å². The van der Waals surface area contributed by atoms with Crippen molar-refractivity contribution in [2.75, 3.05) is 0 Å². The van der Waals surface area contributed by atoms with Crippen LogP contribution in [0.15, 0.2) is 152 Å². The predicted octanol–water partition coefficient (Wildman–Crippen LogP) is 12.0. The molecule has 0 radical (unpaired) electrons. The van der Waals surface area contributed by atoms with E-state index in [2.05, 4.69) is 159 Å². The van der Waals surface area contributed by atoms with E-state index in [1.807, 2.05) is 0 Å². The largest absolute Gasteiger partial charge is 0.0616 e. The van der Waals surface area contributed by atoms with Crippen LogP contribution in [-0.2, 0) is 6.42 Å². The van der Waals surface area contributed by atoms with Crippen LogP contribution in [0.25, 0.3) is 76.8 Å². The van der Waals surface area contributed by atoms with Crippen molar-refractivity contribution in [3.8, 4) is 44.5 Å². The summed E-state index contributed by atoms with van der Waals surface area (Å²) >= 11 is 0. The van der Waals surface area contributed by atoms with Gasteiger partial charge in [0.15, 0.2) is 0 Å². The Morgan fingerprint density at radius 3 is 1.39 bits per heavy atom. The summed E-state index contributed by atoms with van der Waals surface area (Å²) in [5, 5.41) is 7.86. The number of benzene rings is 8. The standard InChI is InChI=1S/C44H30/c1-28-10-6-12-31(24-28)33-18-8-20-39-40-21-9-19-34(44(40)27-43(33)39)32-13-7-11-29(25-32)30-22-23-41-37-16-3-2-14-35(37)36-15-4-5-17-38(36)42(41)26-30/h2-26H,27H2,1H3. The van der Waals surface area contributed by atoms with Gasteiger partial charge in [0.25, 0.3) is 0 Å². The summed E-state index contributed by atoms with van der Waals surface area (Å²) in [6, 6.07) is 56.2. The van der Waals surface area contributed by atoms with Crippen LogP contribution in [0.2, 0.25) is 0 Å². The van der Waals surface area contributed by atoms with Crippen molar-refractivity contribution < 1.29 is 0 Å². The van der Waals surface area contributed by atoms with Gasteiger partial charge < -0.3 is 0 Å². The molecule has 1 aliphatic carbocycles. The number of hydrogen-bond acceptors (Lipinski definition) is 0. The molecule has 9 rings (SSSR count). The fourth-order valence-electron chi connectivity index (χ4n) is 7.54. The summed E-state index contributed by atoms with van der Waals surface area (Å²) < 4.78 is 0. The number of hydrogen-bond donors (Lipinski definition) is 0. The van der Waals surface area contributed by atoms with Crippen LogP contribution < -0.4 is 0 Å². The smallest absolute Gasteiger partial charge is 0.000112 e. The monoisotopic (exact) mass is 558 g/mol. The Labute approximate surface area is 257 Å². The minimum absolute atomic E-state index is 0.949. The second-order valence-corrected chi connectivity index (χ2v) is 12.1. The third-order valence-corrected chi connectivity index (χ3v) is 9.58. The van der Waals surface area contributed by atoms with Gasteiger partial charge in [-0.05, 0) is 113 Å². The van der Waals surface area contributed by atoms with E-state index in [1.54, 1.807) is 0 Å². The van der Waals surface area contributed by atoms with E-state index in [1.165, 1.54) is 93.5 Å². The van der Waals surface area contributed by atoms with Gasteiger partial charge in [-0.25, -0.2) is 0 Å². The van der Waals surface area contributed by atoms with Gasteiger partial charge in [-0.1, -0.05) is 145 Å². The quantitative estimate of drug-likeness (QED) is 0.189. The molecule has 0 heterocycles. The average molecular weight is 559 g/mol. The SMILES string of the molecule is Cc1cccc(-c2cccc3c2Cc2c(-c4cccc(-c5ccc6c7ccccc7c7ccccc7c6c5)c4)cccc2-3)c1. The fraction of sp³-hybridized carbons (Fsp3) is 0.0455. The van der Waals surface area contributed by atoms with Crippen molar-refractivity contribution in [1.29, 1.82) is 0 Å². The Hall–Kier alpha value is -5.46. The van der Waals surface area contributed by atoms with Crippen LogP contribution in [0.4, 0.5) is 0 Å². The molecule has 0 amide bonds. The second-order valence-electron chi connectivity index (χ2n) is 12.1. The highest BCUT2D eigenvalue weighted by atomic mass is 14.3. The van der Waals surface area contributed by atoms with E-state index >= 15 is 0 Å². The molecule has 1 aliphatic rings. The molecule has 0 aliphatic heterocycles. The molecule has 0 nitrogen and oxygen atoms in total. The van der Waals surface area contributed by atoms with E-state index in [0.29, 0.717) is 0 Å². The minimum atomic E-state index is 0.949. The Kier molecular flexibility index (Phi) is 5.58. The second kappa shape index (κ2) is 9.79. The molecule has 44 heavy (non-hydrogen) atoms. The van der Waals surface area contributed by atoms with E-state index in [0.717, 1.165) is 6.42 Å². The highest BCUT2D eigenvalue weighted by Crippen LogP contribution is 2.46. The predicted molar refractivity (Wildman–Crippen MR) is 188 cm³/mol. The summed E-state index contributed by atoms with van der Waals surface area (Å²) in [7, 11) is 0. The van der Waals surface area contributed by atoms with Crippen LogP contribution in [0.5, 0.6) is 0 Å². The third-order valence-electron chi connectivity index (χ3n) is 9.58. The van der Waals surface area contributed by atoms with E-state index < -0.39 is 0 Å². The van der Waals surface area contributed by atoms with Crippen LogP contribution in [0.1, 0.15) is 16.7 Å². The lowest BCUT2D eigenvalue weighted by molar-refractivity contribution is 1.26. The molecule has 0 saturated heterocycles. The highest BCUT2D eigenvalue weighted by molar-refractivity contribution is 6.25. The van der Waals surface area contributed by atoms with Gasteiger partial charge in [-0.3, -0.25) is 0 Å². The molecule has 0 fully saturated rings. The number of fused-ring (bicyclic) bond motifs is 9. The Morgan fingerprint density at radius 1 is 0.318 bits per heavy atom. The zero-order valence-corrected chi connectivity index (χ0v) is 24.6. The molecule has 206 valence electrons. The van der Waals surface area contributed by atoms with Crippen molar-refractivity contribution >= 4 is 32.3 Å². The molecule has 0 saturated carbocycles. The molecule has 0 atom stereocenters. The first kappa shape index (κ1) is 25.1. The Bertz CT molecular complexity index is 2390. The van der Waals surface area contributed by atoms with Gasteiger partial charge in [-0.15, -0.1) is 0 Å². The highest BCUT2D eigenvalue weighted by Gasteiger charge is 2.24. The van der Waals surface area contributed by atoms with Crippen molar-refractivity contribution in [2.24, 2.45) is 0 Å². The molecule has 0 bridgehead atoms. The first-order chi connectivity index (χ1) is 21.7. The molecule has 8 aromatic rings. The third kappa shape index (κ3) is 3.85. The van der Waals surface area contributed by atoms with E-state index in [-0.39, 0.29) is 0 Å². The maximum atomic E-state index is 2.39. The van der Waals surface area contributed by atoms with Gasteiger partial charge in [0, 0.05) is 0 Å². The van der Waals surface area contributed by atoms with Crippen LogP contribution in [0, 0.1) is 6.92 Å². The Balaban J connectivity index is 1.17. The summed E-state index contributed by atoms with van der Waals surface area (Å²) in [6.45, 7) is 2.17. The normalized spacial score (nSPS) is 12.1. The van der Waals surface area contributed by atoms with Crippen molar-refractivity contribution in [3.63, 3.8) is 0 Å².